The predicted molar refractivity (Wildman–Crippen MR) is 128 cm³/mol. The number of primary amides is 1. The Kier molecular flexibility index (Phi) is 11.2. The molecule has 2 aromatic rings. The minimum atomic E-state index is -0.884. The molecule has 0 unspecified atom stereocenters. The van der Waals surface area contributed by atoms with Crippen LogP contribution in [0, 0.1) is 11.6 Å². The first-order valence-electron chi connectivity index (χ1n) is 10.1. The number of carbonyl (C=O) groups excluding carboxylic acids is 2. The number of carbonyl (C=O) groups is 2. The predicted octanol–water partition coefficient (Wildman–Crippen LogP) is 4.32. The Bertz CT molecular complexity index is 937. The van der Waals surface area contributed by atoms with Crippen LogP contribution in [-0.4, -0.2) is 53.8 Å². The van der Waals surface area contributed by atoms with Gasteiger partial charge in [0.15, 0.2) is 0 Å². The van der Waals surface area contributed by atoms with Gasteiger partial charge in [0.05, 0.1) is 5.56 Å². The second-order valence-electron chi connectivity index (χ2n) is 6.98. The number of likely N-dealkylation sites (tertiary alicyclic amines) is 1. The monoisotopic (exact) mass is 567 g/mol. The van der Waals surface area contributed by atoms with Crippen LogP contribution in [0.25, 0.3) is 0 Å². The molecule has 13 heteroatoms. The van der Waals surface area contributed by atoms with Gasteiger partial charge in [-0.25, -0.2) is 13.6 Å². The summed E-state index contributed by atoms with van der Waals surface area (Å²) in [5.41, 5.74) is 4.91. The fourth-order valence-electron chi connectivity index (χ4n) is 3.19. The van der Waals surface area contributed by atoms with Crippen LogP contribution >= 0.6 is 39.1 Å². The van der Waals surface area contributed by atoms with E-state index in [0.717, 1.165) is 49.7 Å². The number of hydrogen-bond acceptors (Lipinski definition) is 6. The summed E-state index contributed by atoms with van der Waals surface area (Å²) in [6, 6.07) is 1.68. The maximum absolute atomic E-state index is 14.0. The molecule has 0 radical (unpaired) electrons. The van der Waals surface area contributed by atoms with Crippen LogP contribution in [0.15, 0.2) is 16.6 Å². The molecule has 33 heavy (non-hydrogen) atoms. The molecule has 3 amide bonds. The lowest BCUT2D eigenvalue weighted by atomic mass is 10.2. The molecule has 182 valence electrons. The molecule has 1 saturated heterocycles. The third-order valence-corrected chi connectivity index (χ3v) is 5.93. The highest BCUT2D eigenvalue weighted by molar-refractivity contribution is 9.10. The fraction of sp³-hybridized carbons (Fsp3) is 0.450. The summed E-state index contributed by atoms with van der Waals surface area (Å²) in [6.07, 6.45) is 4.69. The smallest absolute Gasteiger partial charge is 0.319 e. The summed E-state index contributed by atoms with van der Waals surface area (Å²) >= 11 is 8.42. The number of nitrogens with one attached hydrogen (secondary N) is 2. The van der Waals surface area contributed by atoms with E-state index in [1.165, 1.54) is 19.2 Å². The lowest BCUT2D eigenvalue weighted by molar-refractivity contribution is 0.0996. The van der Waals surface area contributed by atoms with Gasteiger partial charge < -0.3 is 20.7 Å². The third kappa shape index (κ3) is 8.05. The van der Waals surface area contributed by atoms with Gasteiger partial charge in [0.1, 0.15) is 28.8 Å². The molecule has 0 spiro atoms. The number of hydrogen-bond donors (Lipinski definition) is 3. The van der Waals surface area contributed by atoms with Gasteiger partial charge in [-0.05, 0) is 62.6 Å². The summed E-state index contributed by atoms with van der Waals surface area (Å²) in [5, 5.41) is 5.33. The minimum absolute atomic E-state index is 0.0938. The number of aromatic nitrogens is 1. The van der Waals surface area contributed by atoms with Gasteiger partial charge >= 0.3 is 6.03 Å². The van der Waals surface area contributed by atoms with E-state index in [9.17, 15) is 18.4 Å². The van der Waals surface area contributed by atoms with Crippen LogP contribution in [0.3, 0.4) is 0 Å². The number of urea groups is 1. The number of amides is 3. The molecule has 1 aromatic carbocycles. The van der Waals surface area contributed by atoms with Crippen molar-refractivity contribution >= 4 is 56.0 Å². The van der Waals surface area contributed by atoms with Crippen LogP contribution in [-0.2, 0) is 6.61 Å². The molecule has 1 aliphatic rings. The first-order valence-corrected chi connectivity index (χ1v) is 12.4. The van der Waals surface area contributed by atoms with E-state index >= 15 is 0 Å². The second-order valence-corrected chi connectivity index (χ2v) is 8.67. The number of alkyl halides is 1. The summed E-state index contributed by atoms with van der Waals surface area (Å²) in [7, 11) is 0. The Hall–Kier alpha value is -2.02. The molecule has 2 heterocycles. The second kappa shape index (κ2) is 13.6. The molecule has 1 aliphatic heterocycles. The average Bonchev–Trinajstić information content (AvgIpc) is 3.42. The first-order chi connectivity index (χ1) is 15.8. The van der Waals surface area contributed by atoms with E-state index in [1.54, 1.807) is 0 Å². The van der Waals surface area contributed by atoms with Crippen molar-refractivity contribution in [3.05, 3.63) is 39.4 Å². The quantitative estimate of drug-likeness (QED) is 0.308. The van der Waals surface area contributed by atoms with E-state index in [4.69, 9.17) is 10.5 Å². The van der Waals surface area contributed by atoms with Crippen molar-refractivity contribution in [3.8, 4) is 5.88 Å². The Morgan fingerprint density at radius 2 is 1.91 bits per heavy atom. The number of benzene rings is 1. The van der Waals surface area contributed by atoms with E-state index in [1.807, 2.05) is 0 Å². The van der Waals surface area contributed by atoms with Gasteiger partial charge in [-0.15, -0.1) is 11.6 Å². The van der Waals surface area contributed by atoms with Crippen molar-refractivity contribution in [2.24, 2.45) is 5.73 Å². The molecule has 1 fully saturated rings. The van der Waals surface area contributed by atoms with E-state index in [-0.39, 0.29) is 26.5 Å². The molecule has 0 atom stereocenters. The number of halogens is 4. The van der Waals surface area contributed by atoms with Crippen molar-refractivity contribution in [2.75, 3.05) is 37.9 Å². The van der Waals surface area contributed by atoms with Crippen LogP contribution in [0.2, 0.25) is 0 Å². The summed E-state index contributed by atoms with van der Waals surface area (Å²) < 4.78 is 37.5. The topological polar surface area (TPSA) is 110 Å². The molecule has 8 nitrogen and oxygen atoms in total. The maximum atomic E-state index is 14.0. The Morgan fingerprint density at radius 3 is 2.52 bits per heavy atom. The van der Waals surface area contributed by atoms with Gasteiger partial charge in [0.2, 0.25) is 5.88 Å². The average molecular weight is 569 g/mol. The van der Waals surface area contributed by atoms with E-state index in [2.05, 4.69) is 47.4 Å². The molecule has 4 N–H and O–H groups in total. The molecule has 1 aromatic heterocycles. The summed E-state index contributed by atoms with van der Waals surface area (Å²) in [5.74, 6) is -2.71. The number of nitrogens with zero attached hydrogens (tertiary/aromatic N) is 2. The molecular formula is C20H25BrClF2N5O3S. The van der Waals surface area contributed by atoms with Crippen LogP contribution in [0.4, 0.5) is 18.6 Å². The maximum Gasteiger partial charge on any atom is 0.319 e. The highest BCUT2D eigenvalue weighted by atomic mass is 79.9. The number of nitrogens with two attached hydrogens (primary N) is 1. The van der Waals surface area contributed by atoms with Gasteiger partial charge in [-0.3, -0.25) is 10.1 Å². The zero-order valence-electron chi connectivity index (χ0n) is 17.9. The van der Waals surface area contributed by atoms with E-state index in [0.29, 0.717) is 6.54 Å². The highest BCUT2D eigenvalue weighted by Crippen LogP contribution is 2.31. The first kappa shape index (κ1) is 27.2. The van der Waals surface area contributed by atoms with Gasteiger partial charge in [-0.2, -0.15) is 4.37 Å². The third-order valence-electron chi connectivity index (χ3n) is 4.73. The highest BCUT2D eigenvalue weighted by Gasteiger charge is 2.23. The molecule has 0 saturated carbocycles. The standard InChI is InChI=1S/C19H22BrF2N5O3S.CH3Cl/c20-11-8-13(21)12(14(22)9-11)10-30-17-15(16(23)28)18(31-26-17)25-19(29)24-4-3-7-27-5-1-2-6-27;1-2/h8-9H,1-7,10H2,(H2,23,28)(H2,24,25,29);1H3. The Balaban J connectivity index is 0.00000187. The normalized spacial score (nSPS) is 13.2. The van der Waals surface area contributed by atoms with Crippen molar-refractivity contribution in [3.63, 3.8) is 0 Å². The van der Waals surface area contributed by atoms with Crippen molar-refractivity contribution in [1.29, 1.82) is 0 Å². The Morgan fingerprint density at radius 1 is 1.27 bits per heavy atom. The van der Waals surface area contributed by atoms with Crippen molar-refractivity contribution < 1.29 is 23.1 Å². The van der Waals surface area contributed by atoms with Gasteiger partial charge in [0, 0.05) is 17.4 Å². The minimum Gasteiger partial charge on any atom is -0.471 e. The number of rotatable bonds is 9. The fourth-order valence-corrected chi connectivity index (χ4v) is 4.32. The summed E-state index contributed by atoms with van der Waals surface area (Å²) in [4.78, 5) is 26.3. The van der Waals surface area contributed by atoms with E-state index < -0.39 is 30.2 Å². The molecular weight excluding hydrogens is 544 g/mol. The van der Waals surface area contributed by atoms with Gasteiger partial charge in [-0.1, -0.05) is 15.9 Å². The zero-order valence-corrected chi connectivity index (χ0v) is 21.1. The van der Waals surface area contributed by atoms with Gasteiger partial charge in [0.25, 0.3) is 5.91 Å². The molecule has 0 aliphatic carbocycles. The van der Waals surface area contributed by atoms with Crippen molar-refractivity contribution in [2.45, 2.75) is 25.9 Å². The zero-order chi connectivity index (χ0) is 24.4. The van der Waals surface area contributed by atoms with Crippen LogP contribution < -0.4 is 21.1 Å². The number of ether oxygens (including phenoxy) is 1. The Labute approximate surface area is 208 Å². The summed E-state index contributed by atoms with van der Waals surface area (Å²) in [6.45, 7) is 3.06. The SMILES string of the molecule is CCl.NC(=O)c1c(OCc2c(F)cc(Br)cc2F)nsc1NC(=O)NCCCN1CCCC1. The number of anilines is 1. The largest absolute Gasteiger partial charge is 0.471 e. The molecule has 3 rings (SSSR count). The molecule has 0 bridgehead atoms. The lowest BCUT2D eigenvalue weighted by Crippen LogP contribution is -2.32. The van der Waals surface area contributed by atoms with Crippen molar-refractivity contribution in [1.82, 2.24) is 14.6 Å². The lowest BCUT2D eigenvalue weighted by Gasteiger charge is -2.14. The van der Waals surface area contributed by atoms with Crippen LogP contribution in [0.1, 0.15) is 35.2 Å². The van der Waals surface area contributed by atoms with Crippen LogP contribution in [0.5, 0.6) is 5.88 Å².